The van der Waals surface area contributed by atoms with Crippen LogP contribution in [0.15, 0.2) is 11.6 Å². The van der Waals surface area contributed by atoms with Crippen LogP contribution in [0.1, 0.15) is 27.2 Å². The number of hydrogen-bond acceptors (Lipinski definition) is 3. The third-order valence-corrected chi connectivity index (χ3v) is 3.90. The highest BCUT2D eigenvalue weighted by Gasteiger charge is 2.07. The molecular formula is C11H22O4Si. The van der Waals surface area contributed by atoms with Gasteiger partial charge in [-0.3, -0.25) is 0 Å². The molecule has 0 amide bonds. The zero-order valence-electron chi connectivity index (χ0n) is 10.4. The first-order valence-corrected chi connectivity index (χ1v) is 7.56. The molecule has 0 rings (SSSR count). The van der Waals surface area contributed by atoms with Gasteiger partial charge in [0.1, 0.15) is 5.91 Å². The predicted molar refractivity (Wildman–Crippen MR) is 66.4 cm³/mol. The molecule has 0 aromatic rings. The van der Waals surface area contributed by atoms with E-state index in [2.05, 4.69) is 0 Å². The molecular weight excluding hydrogens is 224 g/mol. The van der Waals surface area contributed by atoms with E-state index in [0.29, 0.717) is 18.8 Å². The van der Waals surface area contributed by atoms with E-state index in [1.54, 1.807) is 13.0 Å². The number of carboxylic acid groups (broad SMARTS) is 1. The Kier molecular flexibility index (Phi) is 9.17. The summed E-state index contributed by atoms with van der Waals surface area (Å²) in [5.74, 6) is -0.860. The van der Waals surface area contributed by atoms with Gasteiger partial charge in [0.05, 0.1) is 9.52 Å². The standard InChI is InChI=1S/C11H22O4Si/c1-4-14-11(15-5-2)16-8-6-7-9(3)10(12)13/h7,11H,4-6,8,16H2,1-3H3,(H,12,13). The maximum absolute atomic E-state index is 10.5. The molecule has 0 saturated heterocycles. The van der Waals surface area contributed by atoms with Crippen LogP contribution in [0.4, 0.5) is 0 Å². The monoisotopic (exact) mass is 246 g/mol. The molecule has 0 aromatic heterocycles. The summed E-state index contributed by atoms with van der Waals surface area (Å²) in [7, 11) is -0.446. The lowest BCUT2D eigenvalue weighted by atomic mass is 10.2. The van der Waals surface area contributed by atoms with Crippen molar-refractivity contribution < 1.29 is 19.4 Å². The third kappa shape index (κ3) is 7.61. The van der Waals surface area contributed by atoms with Crippen molar-refractivity contribution in [1.82, 2.24) is 0 Å². The molecule has 1 N–H and O–H groups in total. The Morgan fingerprint density at radius 1 is 1.38 bits per heavy atom. The molecule has 94 valence electrons. The van der Waals surface area contributed by atoms with Crippen LogP contribution < -0.4 is 0 Å². The van der Waals surface area contributed by atoms with Crippen molar-refractivity contribution in [3.05, 3.63) is 11.6 Å². The summed E-state index contributed by atoms with van der Waals surface area (Å²) in [6.07, 6.45) is 2.57. The van der Waals surface area contributed by atoms with Gasteiger partial charge < -0.3 is 14.6 Å². The quantitative estimate of drug-likeness (QED) is 0.289. The number of rotatable bonds is 9. The molecule has 4 nitrogen and oxygen atoms in total. The summed E-state index contributed by atoms with van der Waals surface area (Å²) in [5.41, 5.74) is 0.415. The first-order valence-electron chi connectivity index (χ1n) is 5.75. The van der Waals surface area contributed by atoms with Crippen LogP contribution in [0.3, 0.4) is 0 Å². The Labute approximate surface area is 99.5 Å². The van der Waals surface area contributed by atoms with E-state index in [1.807, 2.05) is 13.8 Å². The highest BCUT2D eigenvalue weighted by atomic mass is 28.2. The first kappa shape index (κ1) is 15.3. The summed E-state index contributed by atoms with van der Waals surface area (Å²) < 4.78 is 10.9. The van der Waals surface area contributed by atoms with Gasteiger partial charge in [-0.1, -0.05) is 12.1 Å². The van der Waals surface area contributed by atoms with E-state index in [4.69, 9.17) is 14.6 Å². The highest BCUT2D eigenvalue weighted by Crippen LogP contribution is 2.02. The minimum Gasteiger partial charge on any atom is -0.478 e. The van der Waals surface area contributed by atoms with E-state index >= 15 is 0 Å². The topological polar surface area (TPSA) is 55.8 Å². The lowest BCUT2D eigenvalue weighted by molar-refractivity contribution is -0.132. The summed E-state index contributed by atoms with van der Waals surface area (Å²) in [5, 5.41) is 8.65. The van der Waals surface area contributed by atoms with Gasteiger partial charge in [0, 0.05) is 18.8 Å². The molecule has 0 radical (unpaired) electrons. The molecule has 16 heavy (non-hydrogen) atoms. The highest BCUT2D eigenvalue weighted by molar-refractivity contribution is 6.36. The van der Waals surface area contributed by atoms with Crippen LogP contribution in [-0.2, 0) is 14.3 Å². The number of allylic oxidation sites excluding steroid dienone is 1. The summed E-state index contributed by atoms with van der Waals surface area (Å²) >= 11 is 0. The predicted octanol–water partition coefficient (Wildman–Crippen LogP) is 1.35. The Balaban J connectivity index is 3.76. The van der Waals surface area contributed by atoms with Crippen LogP contribution >= 0.6 is 0 Å². The second-order valence-corrected chi connectivity index (χ2v) is 5.41. The lowest BCUT2D eigenvalue weighted by Crippen LogP contribution is -2.24. The molecule has 0 unspecified atom stereocenters. The van der Waals surface area contributed by atoms with E-state index in [-0.39, 0.29) is 5.91 Å². The molecule has 5 heteroatoms. The normalized spacial score (nSPS) is 12.9. The van der Waals surface area contributed by atoms with Gasteiger partial charge in [0.15, 0.2) is 0 Å². The maximum atomic E-state index is 10.5. The molecule has 0 saturated carbocycles. The van der Waals surface area contributed by atoms with Gasteiger partial charge in [0.25, 0.3) is 0 Å². The van der Waals surface area contributed by atoms with E-state index in [1.165, 1.54) is 0 Å². The van der Waals surface area contributed by atoms with Crippen LogP contribution in [0.5, 0.6) is 0 Å². The van der Waals surface area contributed by atoms with Crippen LogP contribution in [-0.4, -0.2) is 39.7 Å². The van der Waals surface area contributed by atoms with Gasteiger partial charge in [-0.25, -0.2) is 4.79 Å². The second kappa shape index (κ2) is 9.56. The maximum Gasteiger partial charge on any atom is 0.330 e. The van der Waals surface area contributed by atoms with Gasteiger partial charge in [0.2, 0.25) is 0 Å². The van der Waals surface area contributed by atoms with E-state index < -0.39 is 15.5 Å². The van der Waals surface area contributed by atoms with E-state index in [0.717, 1.165) is 12.5 Å². The van der Waals surface area contributed by atoms with Gasteiger partial charge in [-0.05, 0) is 27.2 Å². The first-order chi connectivity index (χ1) is 7.61. The molecule has 0 aliphatic heterocycles. The number of carbonyl (C=O) groups is 1. The largest absolute Gasteiger partial charge is 0.478 e. The molecule has 0 aliphatic carbocycles. The van der Waals surface area contributed by atoms with Crippen molar-refractivity contribution in [3.8, 4) is 0 Å². The Bertz CT molecular complexity index is 222. The van der Waals surface area contributed by atoms with Crippen molar-refractivity contribution in [2.75, 3.05) is 13.2 Å². The average molecular weight is 246 g/mol. The minimum atomic E-state index is -0.840. The molecule has 0 fully saturated rings. The molecule has 0 atom stereocenters. The second-order valence-electron chi connectivity index (χ2n) is 3.46. The zero-order valence-corrected chi connectivity index (χ0v) is 11.8. The number of aliphatic carboxylic acids is 1. The zero-order chi connectivity index (χ0) is 12.4. The molecule has 0 aliphatic rings. The van der Waals surface area contributed by atoms with E-state index in [9.17, 15) is 4.79 Å². The number of hydrogen-bond donors (Lipinski definition) is 1. The lowest BCUT2D eigenvalue weighted by Gasteiger charge is -2.15. The van der Waals surface area contributed by atoms with Crippen molar-refractivity contribution in [2.24, 2.45) is 0 Å². The number of carboxylic acids is 1. The minimum absolute atomic E-state index is 0.0199. The molecule has 0 bridgehead atoms. The summed E-state index contributed by atoms with van der Waals surface area (Å²) in [4.78, 5) is 10.5. The molecule has 0 aromatic carbocycles. The SMILES string of the molecule is CCOC(OCC)[SiH2]CCC=C(C)C(=O)O. The Morgan fingerprint density at radius 3 is 2.38 bits per heavy atom. The van der Waals surface area contributed by atoms with Crippen molar-refractivity contribution >= 4 is 15.5 Å². The summed E-state index contributed by atoms with van der Waals surface area (Å²) in [6, 6.07) is 1.01. The van der Waals surface area contributed by atoms with Crippen molar-refractivity contribution in [3.63, 3.8) is 0 Å². The molecule has 0 heterocycles. The Hall–Kier alpha value is -0.653. The summed E-state index contributed by atoms with van der Waals surface area (Å²) in [6.45, 7) is 6.86. The van der Waals surface area contributed by atoms with Crippen molar-refractivity contribution in [1.29, 1.82) is 0 Å². The van der Waals surface area contributed by atoms with Crippen LogP contribution in [0, 0.1) is 0 Å². The fraction of sp³-hybridized carbons (Fsp3) is 0.727. The fourth-order valence-electron chi connectivity index (χ4n) is 1.28. The smallest absolute Gasteiger partial charge is 0.330 e. The van der Waals surface area contributed by atoms with Crippen molar-refractivity contribution in [2.45, 2.75) is 39.1 Å². The Morgan fingerprint density at radius 2 is 1.94 bits per heavy atom. The van der Waals surface area contributed by atoms with Crippen LogP contribution in [0.2, 0.25) is 6.04 Å². The fourth-order valence-corrected chi connectivity index (χ4v) is 2.85. The average Bonchev–Trinajstić information content (AvgIpc) is 2.24. The van der Waals surface area contributed by atoms with Crippen LogP contribution in [0.25, 0.3) is 0 Å². The molecule has 0 spiro atoms. The van der Waals surface area contributed by atoms with Gasteiger partial charge in [-0.15, -0.1) is 0 Å². The van der Waals surface area contributed by atoms with Gasteiger partial charge in [-0.2, -0.15) is 0 Å². The third-order valence-electron chi connectivity index (χ3n) is 2.14. The van der Waals surface area contributed by atoms with Gasteiger partial charge >= 0.3 is 5.97 Å². The number of ether oxygens (including phenoxy) is 2.